The van der Waals surface area contributed by atoms with Gasteiger partial charge in [-0.3, -0.25) is 0 Å². The van der Waals surface area contributed by atoms with Gasteiger partial charge in [0.1, 0.15) is 0 Å². The maximum Gasteiger partial charge on any atom is -0.00238 e. The first-order valence-corrected chi connectivity index (χ1v) is 9.23. The van der Waals surface area contributed by atoms with E-state index in [4.69, 9.17) is 0 Å². The molecule has 0 bridgehead atoms. The number of rotatable bonds is 2. The highest BCUT2D eigenvalue weighted by atomic mass is 14.2. The van der Waals surface area contributed by atoms with E-state index in [1.165, 1.54) is 38.6 Å². The molecule has 0 aliphatic heterocycles. The summed E-state index contributed by atoms with van der Waals surface area (Å²) in [5.74, 6) is 0. The molecule has 4 aromatic carbocycles. The maximum atomic E-state index is 2.29. The zero-order valence-corrected chi connectivity index (χ0v) is 15.7. The van der Waals surface area contributed by atoms with Crippen LogP contribution in [-0.4, -0.2) is 0 Å². The summed E-state index contributed by atoms with van der Waals surface area (Å²) in [4.78, 5) is 0. The van der Waals surface area contributed by atoms with E-state index in [2.05, 4.69) is 112 Å². The average Bonchev–Trinajstić information content (AvgIpc) is 2.67. The monoisotopic (exact) mass is 336 g/mol. The van der Waals surface area contributed by atoms with Gasteiger partial charge in [0.15, 0.2) is 0 Å². The highest BCUT2D eigenvalue weighted by Crippen LogP contribution is 2.42. The summed E-state index contributed by atoms with van der Waals surface area (Å²) in [5, 5.41) is 2.59. The second-order valence-corrected chi connectivity index (χ2v) is 7.87. The van der Waals surface area contributed by atoms with Crippen LogP contribution in [0, 0.1) is 0 Å². The number of fused-ring (bicyclic) bond motifs is 1. The van der Waals surface area contributed by atoms with Crippen molar-refractivity contribution in [2.75, 3.05) is 0 Å². The molecule has 0 saturated heterocycles. The molecule has 0 heteroatoms. The molecule has 0 aliphatic rings. The Bertz CT molecular complexity index is 1050. The zero-order chi connectivity index (χ0) is 18.1. The van der Waals surface area contributed by atoms with E-state index in [0.717, 1.165) is 0 Å². The number of benzene rings is 4. The van der Waals surface area contributed by atoms with Gasteiger partial charge in [0.25, 0.3) is 0 Å². The van der Waals surface area contributed by atoms with Crippen LogP contribution < -0.4 is 0 Å². The van der Waals surface area contributed by atoms with Gasteiger partial charge in [-0.1, -0.05) is 112 Å². The Hall–Kier alpha value is -2.86. The van der Waals surface area contributed by atoms with Crippen LogP contribution in [0.1, 0.15) is 26.3 Å². The standard InChI is InChI=1S/C26H24/c1-26(2,3)24-16-10-9-15-23(24)25-21-14-8-7-13-20(21)17-18-22(25)19-11-5-4-6-12-19/h4-18H,1-3H3. The fraction of sp³-hybridized carbons (Fsp3) is 0.154. The van der Waals surface area contributed by atoms with Crippen molar-refractivity contribution in [2.24, 2.45) is 0 Å². The minimum atomic E-state index is 0.0848. The summed E-state index contributed by atoms with van der Waals surface area (Å²) in [6.45, 7) is 6.87. The molecule has 4 aromatic rings. The van der Waals surface area contributed by atoms with E-state index in [1.807, 2.05) is 0 Å². The van der Waals surface area contributed by atoms with Gasteiger partial charge >= 0.3 is 0 Å². The van der Waals surface area contributed by atoms with Crippen LogP contribution in [0.25, 0.3) is 33.0 Å². The van der Waals surface area contributed by atoms with Crippen molar-refractivity contribution in [1.29, 1.82) is 0 Å². The van der Waals surface area contributed by atoms with E-state index in [1.54, 1.807) is 0 Å². The zero-order valence-electron chi connectivity index (χ0n) is 15.7. The molecule has 4 rings (SSSR count). The van der Waals surface area contributed by atoms with Crippen LogP contribution in [0.4, 0.5) is 0 Å². The number of hydrogen-bond donors (Lipinski definition) is 0. The lowest BCUT2D eigenvalue weighted by Gasteiger charge is -2.25. The molecule has 0 amide bonds. The molecule has 0 fully saturated rings. The molecule has 0 atom stereocenters. The number of hydrogen-bond acceptors (Lipinski definition) is 0. The SMILES string of the molecule is CC(C)(C)c1ccccc1-c1c(-c2ccccc2)ccc2ccccc12. The van der Waals surface area contributed by atoms with E-state index in [9.17, 15) is 0 Å². The second-order valence-electron chi connectivity index (χ2n) is 7.87. The van der Waals surface area contributed by atoms with Gasteiger partial charge in [0.2, 0.25) is 0 Å². The average molecular weight is 336 g/mol. The third kappa shape index (κ3) is 2.93. The minimum Gasteiger partial charge on any atom is -0.0622 e. The molecule has 26 heavy (non-hydrogen) atoms. The third-order valence-electron chi connectivity index (χ3n) is 5.02. The fourth-order valence-corrected chi connectivity index (χ4v) is 3.78. The van der Waals surface area contributed by atoms with Crippen LogP contribution in [0.2, 0.25) is 0 Å². The van der Waals surface area contributed by atoms with E-state index < -0.39 is 0 Å². The molecule has 0 aromatic heterocycles. The van der Waals surface area contributed by atoms with Crippen molar-refractivity contribution in [1.82, 2.24) is 0 Å². The van der Waals surface area contributed by atoms with E-state index in [-0.39, 0.29) is 5.41 Å². The van der Waals surface area contributed by atoms with Gasteiger partial charge < -0.3 is 0 Å². The second kappa shape index (κ2) is 6.46. The Morgan fingerprint density at radius 2 is 1.19 bits per heavy atom. The smallest absolute Gasteiger partial charge is 0.00238 e. The molecular weight excluding hydrogens is 312 g/mol. The first kappa shape index (κ1) is 16.6. The fourth-order valence-electron chi connectivity index (χ4n) is 3.78. The van der Waals surface area contributed by atoms with Gasteiger partial charge in [0.05, 0.1) is 0 Å². The maximum absolute atomic E-state index is 2.29. The van der Waals surface area contributed by atoms with E-state index >= 15 is 0 Å². The first-order chi connectivity index (χ1) is 12.6. The topological polar surface area (TPSA) is 0 Å². The normalized spacial score (nSPS) is 11.7. The van der Waals surface area contributed by atoms with Gasteiger partial charge in [-0.25, -0.2) is 0 Å². The van der Waals surface area contributed by atoms with Crippen molar-refractivity contribution in [3.05, 3.63) is 96.6 Å². The van der Waals surface area contributed by atoms with Gasteiger partial charge in [-0.05, 0) is 44.0 Å². The van der Waals surface area contributed by atoms with Crippen molar-refractivity contribution in [3.63, 3.8) is 0 Å². The molecule has 0 radical (unpaired) electrons. The molecule has 0 nitrogen and oxygen atoms in total. The lowest BCUT2D eigenvalue weighted by Crippen LogP contribution is -2.12. The Morgan fingerprint density at radius 1 is 0.538 bits per heavy atom. The highest BCUT2D eigenvalue weighted by Gasteiger charge is 2.21. The van der Waals surface area contributed by atoms with E-state index in [0.29, 0.717) is 0 Å². The predicted octanol–water partition coefficient (Wildman–Crippen LogP) is 7.47. The molecule has 0 spiro atoms. The molecular formula is C26H24. The third-order valence-corrected chi connectivity index (χ3v) is 5.02. The quantitative estimate of drug-likeness (QED) is 0.356. The summed E-state index contributed by atoms with van der Waals surface area (Å²) >= 11 is 0. The molecule has 0 unspecified atom stereocenters. The molecule has 0 heterocycles. The molecule has 0 N–H and O–H groups in total. The van der Waals surface area contributed by atoms with Gasteiger partial charge in [-0.2, -0.15) is 0 Å². The summed E-state index contributed by atoms with van der Waals surface area (Å²) in [7, 11) is 0. The Balaban J connectivity index is 2.12. The molecule has 0 saturated carbocycles. The van der Waals surface area contributed by atoms with Crippen LogP contribution in [0.5, 0.6) is 0 Å². The first-order valence-electron chi connectivity index (χ1n) is 9.23. The van der Waals surface area contributed by atoms with Crippen molar-refractivity contribution >= 4 is 10.8 Å². The van der Waals surface area contributed by atoms with Crippen molar-refractivity contribution in [2.45, 2.75) is 26.2 Å². The Kier molecular flexibility index (Phi) is 4.12. The summed E-state index contributed by atoms with van der Waals surface area (Å²) in [6, 6.07) is 32.8. The minimum absolute atomic E-state index is 0.0848. The van der Waals surface area contributed by atoms with Crippen LogP contribution in [-0.2, 0) is 5.41 Å². The summed E-state index contributed by atoms with van der Waals surface area (Å²) < 4.78 is 0. The predicted molar refractivity (Wildman–Crippen MR) is 114 cm³/mol. The molecule has 128 valence electrons. The summed E-state index contributed by atoms with van der Waals surface area (Å²) in [6.07, 6.45) is 0. The van der Waals surface area contributed by atoms with Crippen molar-refractivity contribution in [3.8, 4) is 22.3 Å². The lowest BCUT2D eigenvalue weighted by atomic mass is 9.79. The summed E-state index contributed by atoms with van der Waals surface area (Å²) in [5.41, 5.74) is 6.68. The van der Waals surface area contributed by atoms with Crippen molar-refractivity contribution < 1.29 is 0 Å². The lowest BCUT2D eigenvalue weighted by molar-refractivity contribution is 0.592. The molecule has 0 aliphatic carbocycles. The van der Waals surface area contributed by atoms with Gasteiger partial charge in [0, 0.05) is 0 Å². The van der Waals surface area contributed by atoms with Crippen LogP contribution in [0.15, 0.2) is 91.0 Å². The Labute approximate surface area is 156 Å². The Morgan fingerprint density at radius 3 is 1.96 bits per heavy atom. The largest absolute Gasteiger partial charge is 0.0622 e. The van der Waals surface area contributed by atoms with Crippen LogP contribution >= 0.6 is 0 Å². The highest BCUT2D eigenvalue weighted by molar-refractivity contribution is 6.04. The van der Waals surface area contributed by atoms with Gasteiger partial charge in [-0.15, -0.1) is 0 Å². The van der Waals surface area contributed by atoms with Crippen LogP contribution in [0.3, 0.4) is 0 Å².